The zero-order chi connectivity index (χ0) is 11.5. The van der Waals surface area contributed by atoms with Gasteiger partial charge < -0.3 is 5.11 Å². The number of nitrogens with zero attached hydrogens (tertiary/aromatic N) is 2. The van der Waals surface area contributed by atoms with E-state index in [1.54, 1.807) is 0 Å². The first-order chi connectivity index (χ1) is 6.89. The van der Waals surface area contributed by atoms with E-state index in [9.17, 15) is 13.2 Å². The fourth-order valence-electron chi connectivity index (χ4n) is 0.759. The number of alkyl halides is 3. The van der Waals surface area contributed by atoms with Crippen molar-refractivity contribution in [2.75, 3.05) is 0 Å². The van der Waals surface area contributed by atoms with Gasteiger partial charge in [0.05, 0.1) is 0 Å². The first kappa shape index (κ1) is 11.5. The van der Waals surface area contributed by atoms with Crippen LogP contribution in [-0.2, 0) is 6.18 Å². The maximum absolute atomic E-state index is 12.2. The molecule has 1 aromatic heterocycles. The normalized spacial score (nSPS) is 12.9. The second kappa shape index (κ2) is 4.28. The van der Waals surface area contributed by atoms with Crippen molar-refractivity contribution in [1.29, 1.82) is 0 Å². The highest BCUT2D eigenvalue weighted by Crippen LogP contribution is 2.26. The van der Waals surface area contributed by atoms with E-state index in [0.29, 0.717) is 0 Å². The number of hydrogen-bond donors (Lipinski definition) is 1. The van der Waals surface area contributed by atoms with Crippen LogP contribution in [0, 0.1) is 11.8 Å². The molecule has 0 aliphatic rings. The van der Waals surface area contributed by atoms with Crippen LogP contribution in [0.1, 0.15) is 18.3 Å². The largest absolute Gasteiger partial charge is 0.433 e. The summed E-state index contributed by atoms with van der Waals surface area (Å²) in [7, 11) is 0. The zero-order valence-corrected chi connectivity index (χ0v) is 7.71. The lowest BCUT2D eigenvalue weighted by molar-refractivity contribution is -0.141. The molecule has 0 aromatic carbocycles. The Kier molecular flexibility index (Phi) is 3.27. The van der Waals surface area contributed by atoms with E-state index in [-0.39, 0.29) is 5.69 Å². The highest BCUT2D eigenvalue weighted by atomic mass is 19.4. The topological polar surface area (TPSA) is 46.0 Å². The lowest BCUT2D eigenvalue weighted by Crippen LogP contribution is -2.08. The first-order valence-corrected chi connectivity index (χ1v) is 3.98. The Balaban J connectivity index is 3.00. The highest BCUT2D eigenvalue weighted by Gasteiger charge is 2.32. The number of rotatable bonds is 0. The van der Waals surface area contributed by atoms with Crippen LogP contribution in [-0.4, -0.2) is 21.2 Å². The molecule has 1 heterocycles. The van der Waals surface area contributed by atoms with Gasteiger partial charge in [0.15, 0.2) is 0 Å². The van der Waals surface area contributed by atoms with E-state index >= 15 is 0 Å². The quantitative estimate of drug-likeness (QED) is 0.663. The smallest absolute Gasteiger partial charge is 0.381 e. The summed E-state index contributed by atoms with van der Waals surface area (Å²) in [6, 6.07) is 0.732. The predicted molar refractivity (Wildman–Crippen MR) is 45.6 cm³/mol. The van der Waals surface area contributed by atoms with Gasteiger partial charge in [0, 0.05) is 6.07 Å². The van der Waals surface area contributed by atoms with Crippen molar-refractivity contribution in [2.24, 2.45) is 0 Å². The lowest BCUT2D eigenvalue weighted by Gasteiger charge is -2.03. The molecule has 6 heteroatoms. The van der Waals surface area contributed by atoms with Gasteiger partial charge in [0.2, 0.25) is 0 Å². The van der Waals surface area contributed by atoms with Gasteiger partial charge in [-0.1, -0.05) is 5.92 Å². The third kappa shape index (κ3) is 3.56. The van der Waals surface area contributed by atoms with Crippen molar-refractivity contribution >= 4 is 0 Å². The molecule has 15 heavy (non-hydrogen) atoms. The maximum atomic E-state index is 12.2. The molecule has 0 saturated carbocycles. The molecule has 1 aromatic rings. The molecule has 0 aliphatic carbocycles. The van der Waals surface area contributed by atoms with Crippen LogP contribution in [0.4, 0.5) is 13.2 Å². The van der Waals surface area contributed by atoms with Crippen molar-refractivity contribution in [3.63, 3.8) is 0 Å². The second-order valence-corrected chi connectivity index (χ2v) is 2.73. The van der Waals surface area contributed by atoms with Crippen molar-refractivity contribution < 1.29 is 18.3 Å². The van der Waals surface area contributed by atoms with Gasteiger partial charge in [-0.15, -0.1) is 0 Å². The molecule has 0 spiro atoms. The molecule has 1 N–H and O–H groups in total. The molecule has 1 rings (SSSR count). The summed E-state index contributed by atoms with van der Waals surface area (Å²) in [6.45, 7) is 1.40. The van der Waals surface area contributed by atoms with Gasteiger partial charge in [-0.05, 0) is 12.8 Å². The van der Waals surface area contributed by atoms with E-state index in [1.165, 1.54) is 6.92 Å². The van der Waals surface area contributed by atoms with Crippen molar-refractivity contribution in [3.8, 4) is 11.8 Å². The SMILES string of the molecule is CC(O)C#Cc1cc(C(F)(F)F)ncn1. The Bertz CT molecular complexity index is 404. The number of hydrogen-bond acceptors (Lipinski definition) is 3. The van der Waals surface area contributed by atoms with E-state index in [1.807, 2.05) is 0 Å². The number of halogens is 3. The molecule has 80 valence electrons. The average molecular weight is 216 g/mol. The molecule has 0 amide bonds. The summed E-state index contributed by atoms with van der Waals surface area (Å²) in [4.78, 5) is 6.60. The van der Waals surface area contributed by atoms with E-state index in [4.69, 9.17) is 5.11 Å². The van der Waals surface area contributed by atoms with Crippen molar-refractivity contribution in [1.82, 2.24) is 9.97 Å². The summed E-state index contributed by atoms with van der Waals surface area (Å²) in [5.74, 6) is 4.59. The summed E-state index contributed by atoms with van der Waals surface area (Å²) in [5.41, 5.74) is -1.12. The summed E-state index contributed by atoms with van der Waals surface area (Å²) < 4.78 is 36.5. The Morgan fingerprint density at radius 1 is 1.40 bits per heavy atom. The second-order valence-electron chi connectivity index (χ2n) is 2.73. The summed E-state index contributed by atoms with van der Waals surface area (Å²) in [6.07, 6.45) is -4.63. The van der Waals surface area contributed by atoms with Crippen molar-refractivity contribution in [2.45, 2.75) is 19.2 Å². The minimum atomic E-state index is -4.51. The lowest BCUT2D eigenvalue weighted by atomic mass is 10.3. The van der Waals surface area contributed by atoms with E-state index in [0.717, 1.165) is 12.4 Å². The number of aliphatic hydroxyl groups is 1. The summed E-state index contributed by atoms with van der Waals surface area (Å²) in [5, 5.41) is 8.80. The van der Waals surface area contributed by atoms with Crippen molar-refractivity contribution in [3.05, 3.63) is 23.8 Å². The fourth-order valence-corrected chi connectivity index (χ4v) is 0.759. The van der Waals surface area contributed by atoms with Gasteiger partial charge in [-0.3, -0.25) is 0 Å². The van der Waals surface area contributed by atoms with Gasteiger partial charge in [-0.2, -0.15) is 13.2 Å². The summed E-state index contributed by atoms with van der Waals surface area (Å²) >= 11 is 0. The van der Waals surface area contributed by atoms with Crippen LogP contribution < -0.4 is 0 Å². The monoisotopic (exact) mass is 216 g/mol. The van der Waals surface area contributed by atoms with Crippen LogP contribution in [0.15, 0.2) is 12.4 Å². The first-order valence-electron chi connectivity index (χ1n) is 3.98. The van der Waals surface area contributed by atoms with Crippen LogP contribution >= 0.6 is 0 Å². The Hall–Kier alpha value is -1.61. The number of aliphatic hydroxyl groups excluding tert-OH is 1. The third-order valence-corrected chi connectivity index (χ3v) is 1.37. The molecule has 0 saturated heterocycles. The van der Waals surface area contributed by atoms with E-state index in [2.05, 4.69) is 21.8 Å². The molecule has 0 aliphatic heterocycles. The minimum absolute atomic E-state index is 0.0711. The van der Waals surface area contributed by atoms with Gasteiger partial charge >= 0.3 is 6.18 Å². The molecular formula is C9H7F3N2O. The van der Waals surface area contributed by atoms with Gasteiger partial charge in [0.1, 0.15) is 23.8 Å². The van der Waals surface area contributed by atoms with Crippen LogP contribution in [0.3, 0.4) is 0 Å². The predicted octanol–water partition coefficient (Wildman–Crippen LogP) is 1.23. The van der Waals surface area contributed by atoms with Crippen LogP contribution in [0.5, 0.6) is 0 Å². The molecule has 0 radical (unpaired) electrons. The van der Waals surface area contributed by atoms with Crippen LogP contribution in [0.25, 0.3) is 0 Å². The fraction of sp³-hybridized carbons (Fsp3) is 0.333. The van der Waals surface area contributed by atoms with E-state index < -0.39 is 18.0 Å². The van der Waals surface area contributed by atoms with Crippen LogP contribution in [0.2, 0.25) is 0 Å². The molecule has 0 fully saturated rings. The Morgan fingerprint density at radius 3 is 2.60 bits per heavy atom. The Labute approximate surface area is 84.0 Å². The van der Waals surface area contributed by atoms with Gasteiger partial charge in [-0.25, -0.2) is 9.97 Å². The Morgan fingerprint density at radius 2 is 2.07 bits per heavy atom. The number of aromatic nitrogens is 2. The zero-order valence-electron chi connectivity index (χ0n) is 7.71. The molecule has 1 unspecified atom stereocenters. The molecular weight excluding hydrogens is 209 g/mol. The molecule has 0 bridgehead atoms. The molecule has 3 nitrogen and oxygen atoms in total. The maximum Gasteiger partial charge on any atom is 0.433 e. The minimum Gasteiger partial charge on any atom is -0.381 e. The third-order valence-electron chi connectivity index (χ3n) is 1.37. The highest BCUT2D eigenvalue weighted by molar-refractivity contribution is 5.29. The standard InChI is InChI=1S/C9H7F3N2O/c1-6(15)2-3-7-4-8(9(10,11)12)14-5-13-7/h4-6,15H,1H3. The molecule has 1 atom stereocenters. The van der Waals surface area contributed by atoms with Gasteiger partial charge in [0.25, 0.3) is 0 Å². The average Bonchev–Trinajstić information content (AvgIpc) is 2.14.